The molecule has 0 spiro atoms. The van der Waals surface area contributed by atoms with E-state index in [1.807, 2.05) is 60.7 Å². The van der Waals surface area contributed by atoms with Gasteiger partial charge in [-0.05, 0) is 65.6 Å². The third-order valence-corrected chi connectivity index (χ3v) is 12.0. The normalized spacial score (nSPS) is 12.3. The number of fused-ring (bicyclic) bond motifs is 7. The molecule has 6 heteroatoms. The second kappa shape index (κ2) is 14.0. The van der Waals surface area contributed by atoms with Gasteiger partial charge in [0.1, 0.15) is 22.2 Å². The van der Waals surface area contributed by atoms with Gasteiger partial charge < -0.3 is 8.83 Å². The van der Waals surface area contributed by atoms with Crippen molar-refractivity contribution in [3.8, 4) is 45.3 Å². The highest BCUT2D eigenvalue weighted by Gasteiger charge is 2.22. The zero-order valence-electron chi connectivity index (χ0n) is 31.2. The quantitative estimate of drug-likeness (QED) is 0.162. The van der Waals surface area contributed by atoms with Crippen molar-refractivity contribution >= 4 is 77.1 Å². The zero-order valence-corrected chi connectivity index (χ0v) is 32.0. The largest absolute Gasteiger partial charge is 0.456 e. The van der Waals surface area contributed by atoms with E-state index in [1.165, 1.54) is 15.5 Å². The van der Waals surface area contributed by atoms with Crippen molar-refractivity contribution in [2.24, 2.45) is 0 Å². The minimum absolute atomic E-state index is 0.588. The molecule has 5 nitrogen and oxygen atoms in total. The third kappa shape index (κ3) is 5.81. The smallest absolute Gasteiger partial charge is 0.165 e. The van der Waals surface area contributed by atoms with E-state index >= 15 is 0 Å². The van der Waals surface area contributed by atoms with E-state index in [0.717, 1.165) is 81.6 Å². The summed E-state index contributed by atoms with van der Waals surface area (Å²) in [5.41, 5.74) is 9.24. The van der Waals surface area contributed by atoms with Crippen LogP contribution in [0.2, 0.25) is 0 Å². The molecule has 58 heavy (non-hydrogen) atoms. The molecular formula is C52H33N3O2S. The van der Waals surface area contributed by atoms with E-state index < -0.39 is 0 Å². The van der Waals surface area contributed by atoms with Crippen LogP contribution in [0.4, 0.5) is 0 Å². The predicted molar refractivity (Wildman–Crippen MR) is 240 cm³/mol. The summed E-state index contributed by atoms with van der Waals surface area (Å²) in [6.45, 7) is 4.29. The van der Waals surface area contributed by atoms with Crippen molar-refractivity contribution in [1.29, 1.82) is 0 Å². The van der Waals surface area contributed by atoms with Crippen molar-refractivity contribution in [1.82, 2.24) is 15.0 Å². The predicted octanol–water partition coefficient (Wildman–Crippen LogP) is 12.5. The van der Waals surface area contributed by atoms with E-state index in [-0.39, 0.29) is 0 Å². The summed E-state index contributed by atoms with van der Waals surface area (Å²) >= 11 is 1.77. The molecule has 0 aliphatic heterocycles. The number of thiophene rings is 1. The summed E-state index contributed by atoms with van der Waals surface area (Å²) in [5, 5.41) is 6.29. The van der Waals surface area contributed by atoms with Gasteiger partial charge >= 0.3 is 0 Å². The highest BCUT2D eigenvalue weighted by Crippen LogP contribution is 2.42. The first-order valence-electron chi connectivity index (χ1n) is 19.3. The molecule has 11 aromatic rings. The highest BCUT2D eigenvalue weighted by atomic mass is 32.1. The van der Waals surface area contributed by atoms with Gasteiger partial charge in [0.2, 0.25) is 0 Å². The van der Waals surface area contributed by atoms with Gasteiger partial charge in [0, 0.05) is 58.2 Å². The molecule has 4 aromatic heterocycles. The van der Waals surface area contributed by atoms with E-state index in [1.54, 1.807) is 11.3 Å². The molecule has 0 atom stereocenters. The summed E-state index contributed by atoms with van der Waals surface area (Å²) < 4.78 is 15.0. The second-order valence-corrected chi connectivity index (χ2v) is 15.4. The van der Waals surface area contributed by atoms with Crippen LogP contribution in [0.5, 0.6) is 0 Å². The minimum atomic E-state index is 0.588. The summed E-state index contributed by atoms with van der Waals surface area (Å²) in [7, 11) is 0. The average molecular weight is 764 g/mol. The van der Waals surface area contributed by atoms with Crippen molar-refractivity contribution in [3.63, 3.8) is 0 Å². The maximum absolute atomic E-state index is 6.47. The topological polar surface area (TPSA) is 65.0 Å². The number of hydrogen-bond acceptors (Lipinski definition) is 6. The molecular weight excluding hydrogens is 731 g/mol. The van der Waals surface area contributed by atoms with Crippen molar-refractivity contribution in [2.75, 3.05) is 0 Å². The van der Waals surface area contributed by atoms with Gasteiger partial charge in [0.05, 0.1) is 0 Å². The lowest BCUT2D eigenvalue weighted by atomic mass is 9.97. The minimum Gasteiger partial charge on any atom is -0.456 e. The van der Waals surface area contributed by atoms with Crippen LogP contribution >= 0.6 is 11.3 Å². The fourth-order valence-corrected chi connectivity index (χ4v) is 9.23. The Hall–Kier alpha value is -7.41. The number of hydrogen-bond donors (Lipinski definition) is 0. The SMILES string of the molecule is C=c1/c(=C\C=C/Cc2ccc3oc4ccccc4c3c2-c2nc(-c3cccc(-c4ccccc4)c3)nc(-c3cccc4c3sc3ccccc34)n2)oc2ccccc12. The van der Waals surface area contributed by atoms with Crippen molar-refractivity contribution in [3.05, 3.63) is 186 Å². The van der Waals surface area contributed by atoms with Gasteiger partial charge in [0.15, 0.2) is 17.5 Å². The Morgan fingerprint density at radius 3 is 2.07 bits per heavy atom. The number of aromatic nitrogens is 3. The Bertz CT molecular complexity index is 3520. The summed E-state index contributed by atoms with van der Waals surface area (Å²) in [5.74, 6) is 1.81. The molecule has 274 valence electrons. The molecule has 0 amide bonds. The van der Waals surface area contributed by atoms with Crippen molar-refractivity contribution in [2.45, 2.75) is 6.42 Å². The molecule has 0 aliphatic rings. The number of allylic oxidation sites excluding steroid dienone is 2. The lowest BCUT2D eigenvalue weighted by Crippen LogP contribution is -2.17. The molecule has 0 saturated heterocycles. The molecule has 0 bridgehead atoms. The van der Waals surface area contributed by atoms with E-state index in [0.29, 0.717) is 23.9 Å². The number of rotatable bonds is 7. The van der Waals surface area contributed by atoms with Crippen LogP contribution in [0.1, 0.15) is 5.56 Å². The molecule has 0 unspecified atom stereocenters. The van der Waals surface area contributed by atoms with Crippen LogP contribution in [0, 0.1) is 0 Å². The van der Waals surface area contributed by atoms with Crippen LogP contribution in [-0.4, -0.2) is 15.0 Å². The molecule has 0 saturated carbocycles. The van der Waals surface area contributed by atoms with Gasteiger partial charge in [-0.3, -0.25) is 0 Å². The Morgan fingerprint density at radius 1 is 0.534 bits per heavy atom. The van der Waals surface area contributed by atoms with Gasteiger partial charge in [-0.25, -0.2) is 15.0 Å². The number of nitrogens with zero attached hydrogens (tertiary/aromatic N) is 3. The Balaban J connectivity index is 1.14. The van der Waals surface area contributed by atoms with Gasteiger partial charge in [0.25, 0.3) is 0 Å². The maximum Gasteiger partial charge on any atom is 0.165 e. The monoisotopic (exact) mass is 763 g/mol. The molecule has 4 heterocycles. The lowest BCUT2D eigenvalue weighted by molar-refractivity contribution is 0.576. The van der Waals surface area contributed by atoms with Crippen LogP contribution in [0.3, 0.4) is 0 Å². The van der Waals surface area contributed by atoms with Crippen LogP contribution in [0.15, 0.2) is 179 Å². The van der Waals surface area contributed by atoms with Crippen LogP contribution in [-0.2, 0) is 6.42 Å². The standard InChI is InChI=1S/C52H33N3O2S/c1-32-37-20-6-10-26-43(37)56-42(32)25-9-5-17-34-29-30-45-48(40-22-7-11-27-44(40)57-45)47(34)52-54-50(36-19-13-18-35(31-36)33-15-3-2-4-16-33)53-51(55-52)41-24-14-23-39-38-21-8-12-28-46(38)58-49(39)41/h2-16,18-31H,1,17H2/b9-5-,42-25+. The van der Waals surface area contributed by atoms with Gasteiger partial charge in [-0.2, -0.15) is 0 Å². The van der Waals surface area contributed by atoms with E-state index in [9.17, 15) is 0 Å². The lowest BCUT2D eigenvalue weighted by Gasteiger charge is -2.13. The van der Waals surface area contributed by atoms with E-state index in [2.05, 4.69) is 122 Å². The highest BCUT2D eigenvalue weighted by molar-refractivity contribution is 7.26. The molecule has 0 N–H and O–H groups in total. The first-order valence-corrected chi connectivity index (χ1v) is 20.1. The van der Waals surface area contributed by atoms with E-state index in [4.69, 9.17) is 23.8 Å². The Labute approximate surface area is 337 Å². The van der Waals surface area contributed by atoms with Crippen LogP contribution in [0.25, 0.3) is 111 Å². The summed E-state index contributed by atoms with van der Waals surface area (Å²) in [4.78, 5) is 16.0. The zero-order chi connectivity index (χ0) is 38.6. The number of furan rings is 2. The fraction of sp³-hybridized carbons (Fsp3) is 0.0192. The first-order chi connectivity index (χ1) is 28.7. The van der Waals surface area contributed by atoms with Gasteiger partial charge in [-0.15, -0.1) is 11.3 Å². The first kappa shape index (κ1) is 33.9. The molecule has 0 aliphatic carbocycles. The van der Waals surface area contributed by atoms with Crippen molar-refractivity contribution < 1.29 is 8.83 Å². The molecule has 7 aromatic carbocycles. The molecule has 11 rings (SSSR count). The number of para-hydroxylation sites is 2. The average Bonchev–Trinajstić information content (AvgIpc) is 3.96. The Kier molecular flexibility index (Phi) is 8.15. The third-order valence-electron chi connectivity index (χ3n) is 10.8. The molecule has 0 radical (unpaired) electrons. The molecule has 0 fully saturated rings. The fourth-order valence-electron chi connectivity index (χ4n) is 8.02. The summed E-state index contributed by atoms with van der Waals surface area (Å²) in [6.07, 6.45) is 6.78. The second-order valence-electron chi connectivity index (χ2n) is 14.3. The summed E-state index contributed by atoms with van der Waals surface area (Å²) in [6, 6.07) is 54.2. The van der Waals surface area contributed by atoms with Crippen LogP contribution < -0.4 is 10.6 Å². The Morgan fingerprint density at radius 2 is 1.21 bits per heavy atom. The van der Waals surface area contributed by atoms with Gasteiger partial charge in [-0.1, -0.05) is 140 Å². The maximum atomic E-state index is 6.47. The number of benzene rings is 7.